The third-order valence-electron chi connectivity index (χ3n) is 2.66. The van der Waals surface area contributed by atoms with E-state index in [0.29, 0.717) is 6.61 Å². The molecular formula is C10H17NO2. The zero-order valence-corrected chi connectivity index (χ0v) is 8.38. The van der Waals surface area contributed by atoms with E-state index in [0.717, 1.165) is 25.7 Å². The van der Waals surface area contributed by atoms with Crippen LogP contribution in [0.1, 0.15) is 32.6 Å². The average molecular weight is 183 g/mol. The van der Waals surface area contributed by atoms with Crippen molar-refractivity contribution in [2.45, 2.75) is 44.3 Å². The number of rotatable bonds is 3. The van der Waals surface area contributed by atoms with E-state index in [1.807, 2.05) is 6.92 Å². The molecule has 0 aromatic rings. The molecule has 3 nitrogen and oxygen atoms in total. The van der Waals surface area contributed by atoms with Crippen molar-refractivity contribution in [3.63, 3.8) is 0 Å². The predicted octanol–water partition coefficient (Wildman–Crippen LogP) is 1.87. The Morgan fingerprint density at radius 2 is 2.31 bits per heavy atom. The van der Waals surface area contributed by atoms with Gasteiger partial charge in [0.15, 0.2) is 5.60 Å². The molecule has 0 heterocycles. The third kappa shape index (κ3) is 2.01. The number of hydrogen-bond acceptors (Lipinski definition) is 3. The molecule has 0 aromatic carbocycles. The largest absolute Gasteiger partial charge is 0.377 e. The summed E-state index contributed by atoms with van der Waals surface area (Å²) >= 11 is 0. The number of nitrogens with zero attached hydrogens (tertiary/aromatic N) is 1. The quantitative estimate of drug-likeness (QED) is 0.670. The Hall–Kier alpha value is -0.590. The molecule has 1 aliphatic rings. The number of methoxy groups -OCH3 is 1. The van der Waals surface area contributed by atoms with Gasteiger partial charge in [-0.3, -0.25) is 0 Å². The second kappa shape index (κ2) is 4.59. The first-order valence-corrected chi connectivity index (χ1v) is 4.87. The lowest BCUT2D eigenvalue weighted by Gasteiger charge is -2.37. The van der Waals surface area contributed by atoms with Crippen molar-refractivity contribution in [3.05, 3.63) is 0 Å². The topological polar surface area (TPSA) is 42.2 Å². The summed E-state index contributed by atoms with van der Waals surface area (Å²) in [6.07, 6.45) is 3.88. The molecule has 0 saturated heterocycles. The van der Waals surface area contributed by atoms with Gasteiger partial charge in [0.25, 0.3) is 0 Å². The predicted molar refractivity (Wildman–Crippen MR) is 49.2 cm³/mol. The summed E-state index contributed by atoms with van der Waals surface area (Å²) in [5.74, 6) is 0. The molecule has 0 radical (unpaired) electrons. The lowest BCUT2D eigenvalue weighted by molar-refractivity contribution is -0.118. The van der Waals surface area contributed by atoms with Crippen LogP contribution in [0.15, 0.2) is 0 Å². The van der Waals surface area contributed by atoms with E-state index in [-0.39, 0.29) is 6.10 Å². The molecular weight excluding hydrogens is 166 g/mol. The maximum Gasteiger partial charge on any atom is 0.179 e. The first-order valence-electron chi connectivity index (χ1n) is 4.87. The number of nitriles is 1. The second-order valence-corrected chi connectivity index (χ2v) is 3.40. The van der Waals surface area contributed by atoms with E-state index in [1.165, 1.54) is 0 Å². The minimum absolute atomic E-state index is 0.0498. The highest BCUT2D eigenvalue weighted by atomic mass is 16.5. The summed E-state index contributed by atoms with van der Waals surface area (Å²) in [5, 5.41) is 9.12. The molecule has 0 bridgehead atoms. The zero-order valence-electron chi connectivity index (χ0n) is 8.38. The first kappa shape index (κ1) is 10.5. The molecule has 0 aromatic heterocycles. The van der Waals surface area contributed by atoms with Gasteiger partial charge in [-0.05, 0) is 26.2 Å². The van der Waals surface area contributed by atoms with Crippen LogP contribution in [0.5, 0.6) is 0 Å². The van der Waals surface area contributed by atoms with E-state index in [9.17, 15) is 0 Å². The number of ether oxygens (including phenoxy) is 2. The summed E-state index contributed by atoms with van der Waals surface area (Å²) in [6, 6.07) is 2.27. The molecule has 2 atom stereocenters. The molecule has 0 spiro atoms. The Morgan fingerprint density at radius 1 is 1.54 bits per heavy atom. The number of hydrogen-bond donors (Lipinski definition) is 0. The van der Waals surface area contributed by atoms with E-state index in [4.69, 9.17) is 14.7 Å². The molecule has 0 aliphatic heterocycles. The molecule has 2 unspecified atom stereocenters. The van der Waals surface area contributed by atoms with E-state index in [2.05, 4.69) is 6.07 Å². The summed E-state index contributed by atoms with van der Waals surface area (Å²) in [7, 11) is 1.65. The van der Waals surface area contributed by atoms with Crippen molar-refractivity contribution < 1.29 is 9.47 Å². The molecule has 0 amide bonds. The van der Waals surface area contributed by atoms with Crippen molar-refractivity contribution >= 4 is 0 Å². The maximum atomic E-state index is 9.12. The normalized spacial score (nSPS) is 34.1. The summed E-state index contributed by atoms with van der Waals surface area (Å²) in [6.45, 7) is 2.49. The summed E-state index contributed by atoms with van der Waals surface area (Å²) in [4.78, 5) is 0. The molecule has 13 heavy (non-hydrogen) atoms. The van der Waals surface area contributed by atoms with Crippen molar-refractivity contribution in [3.8, 4) is 6.07 Å². The lowest BCUT2D eigenvalue weighted by atomic mass is 9.83. The highest BCUT2D eigenvalue weighted by Gasteiger charge is 2.42. The van der Waals surface area contributed by atoms with E-state index < -0.39 is 5.60 Å². The standard InChI is InChI=1S/C10H17NO2/c1-3-13-10(8-11)7-5-4-6-9(10)12-2/h9H,3-7H2,1-2H3. The Bertz CT molecular complexity index is 196. The lowest BCUT2D eigenvalue weighted by Crippen LogP contribution is -2.47. The van der Waals surface area contributed by atoms with Gasteiger partial charge in [-0.15, -0.1) is 0 Å². The van der Waals surface area contributed by atoms with Gasteiger partial charge >= 0.3 is 0 Å². The minimum Gasteiger partial charge on any atom is -0.377 e. The highest BCUT2D eigenvalue weighted by Crippen LogP contribution is 2.33. The molecule has 1 rings (SSSR count). The van der Waals surface area contributed by atoms with Gasteiger partial charge in [-0.2, -0.15) is 5.26 Å². The Morgan fingerprint density at radius 3 is 2.85 bits per heavy atom. The van der Waals surface area contributed by atoms with Crippen LogP contribution in [0.3, 0.4) is 0 Å². The molecule has 1 saturated carbocycles. The van der Waals surface area contributed by atoms with Crippen molar-refractivity contribution in [1.29, 1.82) is 5.26 Å². The minimum atomic E-state index is -0.679. The third-order valence-corrected chi connectivity index (χ3v) is 2.66. The first-order chi connectivity index (χ1) is 6.29. The molecule has 1 aliphatic carbocycles. The van der Waals surface area contributed by atoms with Gasteiger partial charge < -0.3 is 9.47 Å². The summed E-state index contributed by atoms with van der Waals surface area (Å²) < 4.78 is 10.8. The van der Waals surface area contributed by atoms with Crippen LogP contribution in [0.25, 0.3) is 0 Å². The van der Waals surface area contributed by atoms with Crippen LogP contribution in [0.2, 0.25) is 0 Å². The van der Waals surface area contributed by atoms with Gasteiger partial charge in [-0.25, -0.2) is 0 Å². The van der Waals surface area contributed by atoms with Crippen LogP contribution >= 0.6 is 0 Å². The maximum absolute atomic E-state index is 9.12. The van der Waals surface area contributed by atoms with Gasteiger partial charge in [0.2, 0.25) is 0 Å². The smallest absolute Gasteiger partial charge is 0.179 e. The van der Waals surface area contributed by atoms with Gasteiger partial charge in [0.05, 0.1) is 6.10 Å². The zero-order chi connectivity index (χ0) is 9.73. The summed E-state index contributed by atoms with van der Waals surface area (Å²) in [5.41, 5.74) is -0.679. The van der Waals surface area contributed by atoms with Crippen LogP contribution < -0.4 is 0 Å². The Kier molecular flexibility index (Phi) is 3.71. The van der Waals surface area contributed by atoms with Crippen molar-refractivity contribution in [1.82, 2.24) is 0 Å². The van der Waals surface area contributed by atoms with Gasteiger partial charge in [0.1, 0.15) is 6.07 Å². The Balaban J connectivity index is 2.73. The van der Waals surface area contributed by atoms with E-state index >= 15 is 0 Å². The molecule has 74 valence electrons. The van der Waals surface area contributed by atoms with Crippen molar-refractivity contribution in [2.75, 3.05) is 13.7 Å². The fourth-order valence-corrected chi connectivity index (χ4v) is 2.00. The molecule has 3 heteroatoms. The average Bonchev–Trinajstić information content (AvgIpc) is 2.19. The van der Waals surface area contributed by atoms with Crippen LogP contribution in [-0.2, 0) is 9.47 Å². The monoisotopic (exact) mass is 183 g/mol. The fraction of sp³-hybridized carbons (Fsp3) is 0.900. The van der Waals surface area contributed by atoms with Crippen molar-refractivity contribution in [2.24, 2.45) is 0 Å². The van der Waals surface area contributed by atoms with Crippen LogP contribution in [-0.4, -0.2) is 25.4 Å². The second-order valence-electron chi connectivity index (χ2n) is 3.40. The SMILES string of the molecule is CCOC1(C#N)CCCCC1OC. The molecule has 1 fully saturated rings. The van der Waals surface area contributed by atoms with E-state index in [1.54, 1.807) is 7.11 Å². The highest BCUT2D eigenvalue weighted by molar-refractivity contribution is 5.09. The Labute approximate surface area is 79.6 Å². The van der Waals surface area contributed by atoms with Crippen LogP contribution in [0.4, 0.5) is 0 Å². The van der Waals surface area contributed by atoms with Gasteiger partial charge in [0, 0.05) is 13.7 Å². The van der Waals surface area contributed by atoms with Gasteiger partial charge in [-0.1, -0.05) is 6.42 Å². The van der Waals surface area contributed by atoms with Crippen LogP contribution in [0, 0.1) is 11.3 Å². The molecule has 0 N–H and O–H groups in total. The fourth-order valence-electron chi connectivity index (χ4n) is 2.00.